The monoisotopic (exact) mass is 383 g/mol. The summed E-state index contributed by atoms with van der Waals surface area (Å²) in [4.78, 5) is 32.6. The molecule has 1 aromatic carbocycles. The van der Waals surface area contributed by atoms with E-state index in [0.717, 1.165) is 16.4 Å². The van der Waals surface area contributed by atoms with Crippen LogP contribution in [0.3, 0.4) is 0 Å². The first-order valence-corrected chi connectivity index (χ1v) is 9.41. The third-order valence-electron chi connectivity index (χ3n) is 3.89. The average Bonchev–Trinajstić information content (AvgIpc) is 3.16. The van der Waals surface area contributed by atoms with Crippen molar-refractivity contribution in [2.24, 2.45) is 0 Å². The quantitative estimate of drug-likeness (QED) is 0.603. The van der Waals surface area contributed by atoms with E-state index in [1.165, 1.54) is 29.5 Å². The van der Waals surface area contributed by atoms with Crippen molar-refractivity contribution >= 4 is 23.0 Å². The molecule has 5 nitrogen and oxygen atoms in total. The number of Topliss-reactive ketones (excluding diaryl/α,β-unsaturated/α-hetero) is 1. The zero-order chi connectivity index (χ0) is 19.1. The third-order valence-corrected chi connectivity index (χ3v) is 4.81. The Labute approximate surface area is 160 Å². The second-order valence-electron chi connectivity index (χ2n) is 5.86. The van der Waals surface area contributed by atoms with Gasteiger partial charge in [-0.1, -0.05) is 18.2 Å². The number of nitrogens with zero attached hydrogens (tertiary/aromatic N) is 2. The van der Waals surface area contributed by atoms with E-state index in [1.54, 1.807) is 12.3 Å². The number of rotatable bonds is 8. The van der Waals surface area contributed by atoms with Gasteiger partial charge in [0.25, 0.3) is 0 Å². The normalized spacial score (nSPS) is 10.6. The van der Waals surface area contributed by atoms with Gasteiger partial charge in [0.2, 0.25) is 5.91 Å². The van der Waals surface area contributed by atoms with Crippen molar-refractivity contribution in [1.29, 1.82) is 0 Å². The Bertz CT molecular complexity index is 928. The summed E-state index contributed by atoms with van der Waals surface area (Å²) in [5, 5.41) is 5.55. The summed E-state index contributed by atoms with van der Waals surface area (Å²) in [7, 11) is 0. The standard InChI is InChI=1S/C20H18FN3O2S/c21-16-6-2-1-5-15(16)18(25)8-9-19(26)23-12-10-14-13-27-20(24-14)17-7-3-4-11-22-17/h1-7,11,13H,8-10,12H2,(H,23,26). The Morgan fingerprint density at radius 2 is 1.89 bits per heavy atom. The molecule has 1 N–H and O–H groups in total. The summed E-state index contributed by atoms with van der Waals surface area (Å²) in [5.74, 6) is -1.17. The first-order chi connectivity index (χ1) is 13.1. The number of nitrogens with one attached hydrogen (secondary N) is 1. The van der Waals surface area contributed by atoms with Crippen LogP contribution in [0.5, 0.6) is 0 Å². The minimum absolute atomic E-state index is 0.0205. The van der Waals surface area contributed by atoms with Gasteiger partial charge >= 0.3 is 0 Å². The number of hydrogen-bond acceptors (Lipinski definition) is 5. The zero-order valence-electron chi connectivity index (χ0n) is 14.5. The molecule has 3 rings (SSSR count). The molecule has 2 aromatic heterocycles. The van der Waals surface area contributed by atoms with Crippen LogP contribution in [0, 0.1) is 5.82 Å². The lowest BCUT2D eigenvalue weighted by atomic mass is 10.1. The highest BCUT2D eigenvalue weighted by atomic mass is 32.1. The van der Waals surface area contributed by atoms with E-state index < -0.39 is 5.82 Å². The Kier molecular flexibility index (Phi) is 6.38. The molecule has 7 heteroatoms. The molecular formula is C20H18FN3O2S. The van der Waals surface area contributed by atoms with Gasteiger partial charge in [0.1, 0.15) is 10.8 Å². The van der Waals surface area contributed by atoms with E-state index in [-0.39, 0.29) is 30.1 Å². The number of thiazole rings is 1. The lowest BCUT2D eigenvalue weighted by molar-refractivity contribution is -0.121. The van der Waals surface area contributed by atoms with Crippen molar-refractivity contribution < 1.29 is 14.0 Å². The Hall–Kier alpha value is -2.93. The highest BCUT2D eigenvalue weighted by Crippen LogP contribution is 2.21. The number of halogens is 1. The number of carbonyl (C=O) groups excluding carboxylic acids is 2. The highest BCUT2D eigenvalue weighted by molar-refractivity contribution is 7.13. The fourth-order valence-corrected chi connectivity index (χ4v) is 3.33. The van der Waals surface area contributed by atoms with Crippen LogP contribution in [-0.4, -0.2) is 28.2 Å². The van der Waals surface area contributed by atoms with E-state index in [9.17, 15) is 14.0 Å². The summed E-state index contributed by atoms with van der Waals surface area (Å²) in [6.07, 6.45) is 2.33. The zero-order valence-corrected chi connectivity index (χ0v) is 15.3. The third kappa shape index (κ3) is 5.27. The fraction of sp³-hybridized carbons (Fsp3) is 0.200. The molecule has 0 saturated carbocycles. The number of amides is 1. The number of pyridine rings is 1. The maximum Gasteiger partial charge on any atom is 0.220 e. The maximum absolute atomic E-state index is 13.5. The van der Waals surface area contributed by atoms with Gasteiger partial charge in [-0.15, -0.1) is 11.3 Å². The number of benzene rings is 1. The molecule has 2 heterocycles. The molecule has 0 fully saturated rings. The number of hydrogen-bond donors (Lipinski definition) is 1. The molecule has 0 atom stereocenters. The number of aromatic nitrogens is 2. The molecule has 0 saturated heterocycles. The van der Waals surface area contributed by atoms with Crippen molar-refractivity contribution in [1.82, 2.24) is 15.3 Å². The summed E-state index contributed by atoms with van der Waals surface area (Å²) < 4.78 is 13.5. The molecule has 0 bridgehead atoms. The predicted molar refractivity (Wildman–Crippen MR) is 102 cm³/mol. The highest BCUT2D eigenvalue weighted by Gasteiger charge is 2.13. The van der Waals surface area contributed by atoms with Gasteiger partial charge in [-0.3, -0.25) is 14.6 Å². The summed E-state index contributed by atoms with van der Waals surface area (Å²) in [6.45, 7) is 0.429. The molecule has 1 amide bonds. The first kappa shape index (κ1) is 18.8. The number of ketones is 1. The second kappa shape index (κ2) is 9.14. The summed E-state index contributed by atoms with van der Waals surface area (Å²) in [5.41, 5.74) is 1.72. The summed E-state index contributed by atoms with van der Waals surface area (Å²) in [6, 6.07) is 11.4. The van der Waals surface area contributed by atoms with Gasteiger partial charge in [-0.25, -0.2) is 9.37 Å². The Balaban J connectivity index is 1.42. The molecule has 138 valence electrons. The first-order valence-electron chi connectivity index (χ1n) is 8.53. The van der Waals surface area contributed by atoms with Gasteiger partial charge in [0.05, 0.1) is 17.0 Å². The van der Waals surface area contributed by atoms with E-state index in [0.29, 0.717) is 13.0 Å². The minimum Gasteiger partial charge on any atom is -0.356 e. The smallest absolute Gasteiger partial charge is 0.220 e. The molecule has 27 heavy (non-hydrogen) atoms. The minimum atomic E-state index is -0.560. The molecule has 0 aliphatic heterocycles. The van der Waals surface area contributed by atoms with Gasteiger partial charge in [-0.2, -0.15) is 0 Å². The molecule has 0 aliphatic carbocycles. The average molecular weight is 383 g/mol. The molecule has 0 spiro atoms. The van der Waals surface area contributed by atoms with Crippen LogP contribution in [0.2, 0.25) is 0 Å². The SMILES string of the molecule is O=C(CCC(=O)c1ccccc1F)NCCc1csc(-c2ccccn2)n1. The lowest BCUT2D eigenvalue weighted by Crippen LogP contribution is -2.26. The van der Waals surface area contributed by atoms with Gasteiger partial charge in [0, 0.05) is 37.4 Å². The van der Waals surface area contributed by atoms with Crippen LogP contribution in [0.25, 0.3) is 10.7 Å². The van der Waals surface area contributed by atoms with E-state index in [1.807, 2.05) is 23.6 Å². The van der Waals surface area contributed by atoms with E-state index >= 15 is 0 Å². The largest absolute Gasteiger partial charge is 0.356 e. The van der Waals surface area contributed by atoms with Crippen LogP contribution in [-0.2, 0) is 11.2 Å². The van der Waals surface area contributed by atoms with Crippen LogP contribution < -0.4 is 5.32 Å². The maximum atomic E-state index is 13.5. The van der Waals surface area contributed by atoms with Crippen molar-refractivity contribution in [2.75, 3.05) is 6.54 Å². The fourth-order valence-electron chi connectivity index (χ4n) is 2.50. The number of carbonyl (C=O) groups is 2. The van der Waals surface area contributed by atoms with Crippen molar-refractivity contribution in [3.63, 3.8) is 0 Å². The van der Waals surface area contributed by atoms with Crippen molar-refractivity contribution in [3.05, 3.63) is 71.1 Å². The van der Waals surface area contributed by atoms with Gasteiger partial charge < -0.3 is 5.32 Å². The van der Waals surface area contributed by atoms with Crippen LogP contribution in [0.4, 0.5) is 4.39 Å². The predicted octanol–water partition coefficient (Wildman–Crippen LogP) is 3.67. The Morgan fingerprint density at radius 1 is 1.07 bits per heavy atom. The van der Waals surface area contributed by atoms with Gasteiger partial charge in [-0.05, 0) is 24.3 Å². The van der Waals surface area contributed by atoms with Crippen LogP contribution >= 0.6 is 11.3 Å². The Morgan fingerprint density at radius 3 is 2.67 bits per heavy atom. The second-order valence-corrected chi connectivity index (χ2v) is 6.72. The topological polar surface area (TPSA) is 72.0 Å². The lowest BCUT2D eigenvalue weighted by Gasteiger charge is -2.04. The van der Waals surface area contributed by atoms with Crippen LogP contribution in [0.1, 0.15) is 28.9 Å². The van der Waals surface area contributed by atoms with Crippen molar-refractivity contribution in [3.8, 4) is 10.7 Å². The summed E-state index contributed by atoms with van der Waals surface area (Å²) >= 11 is 1.51. The molecule has 0 radical (unpaired) electrons. The van der Waals surface area contributed by atoms with Gasteiger partial charge in [0.15, 0.2) is 5.78 Å². The molecular weight excluding hydrogens is 365 g/mol. The van der Waals surface area contributed by atoms with Crippen molar-refractivity contribution in [2.45, 2.75) is 19.3 Å². The molecule has 3 aromatic rings. The van der Waals surface area contributed by atoms with E-state index in [4.69, 9.17) is 0 Å². The van der Waals surface area contributed by atoms with E-state index in [2.05, 4.69) is 15.3 Å². The molecule has 0 unspecified atom stereocenters. The van der Waals surface area contributed by atoms with Crippen LogP contribution in [0.15, 0.2) is 54.0 Å². The molecule has 0 aliphatic rings.